The quantitative estimate of drug-likeness (QED) is 0.702. The van der Waals surface area contributed by atoms with E-state index in [-0.39, 0.29) is 0 Å². The fourth-order valence-electron chi connectivity index (χ4n) is 2.37. The summed E-state index contributed by atoms with van der Waals surface area (Å²) >= 11 is 0. The van der Waals surface area contributed by atoms with Gasteiger partial charge in [-0.05, 0) is 33.7 Å². The second kappa shape index (κ2) is 3.63. The number of likely N-dealkylation sites (tertiary alicyclic amines) is 1. The van der Waals surface area contributed by atoms with Crippen LogP contribution in [0.25, 0.3) is 0 Å². The van der Waals surface area contributed by atoms with E-state index in [1.807, 2.05) is 12.5 Å². The van der Waals surface area contributed by atoms with Gasteiger partial charge in [-0.25, -0.2) is 4.98 Å². The second-order valence-corrected chi connectivity index (χ2v) is 5.53. The molecule has 1 aliphatic rings. The monoisotopic (exact) mass is 207 g/mol. The van der Waals surface area contributed by atoms with Crippen LogP contribution >= 0.6 is 0 Å². The second-order valence-electron chi connectivity index (χ2n) is 5.53. The Bertz CT molecular complexity index is 335. The van der Waals surface area contributed by atoms with E-state index >= 15 is 0 Å². The molecule has 1 unspecified atom stereocenters. The van der Waals surface area contributed by atoms with E-state index in [1.165, 1.54) is 25.2 Å². The molecule has 0 spiro atoms. The summed E-state index contributed by atoms with van der Waals surface area (Å²) in [6.45, 7) is 9.25. The molecule has 1 aromatic rings. The summed E-state index contributed by atoms with van der Waals surface area (Å²) < 4.78 is 2.15. The maximum atomic E-state index is 4.20. The standard InChI is InChI=1S/C12H21N3/c1-12(2,3)15-6-5-10(8-15)11-7-13-9-14(11)4/h7,9-10H,5-6,8H2,1-4H3. The van der Waals surface area contributed by atoms with Crippen molar-refractivity contribution in [2.24, 2.45) is 7.05 Å². The molecule has 1 fully saturated rings. The smallest absolute Gasteiger partial charge is 0.0945 e. The molecule has 0 amide bonds. The molecule has 0 aliphatic carbocycles. The van der Waals surface area contributed by atoms with Crippen LogP contribution in [0.4, 0.5) is 0 Å². The summed E-state index contributed by atoms with van der Waals surface area (Å²) in [5.41, 5.74) is 1.68. The van der Waals surface area contributed by atoms with E-state index in [0.29, 0.717) is 11.5 Å². The molecule has 0 N–H and O–H groups in total. The molecular formula is C12H21N3. The fourth-order valence-corrected chi connectivity index (χ4v) is 2.37. The molecule has 2 rings (SSSR count). The summed E-state index contributed by atoms with van der Waals surface area (Å²) in [4.78, 5) is 6.76. The average molecular weight is 207 g/mol. The lowest BCUT2D eigenvalue weighted by atomic mass is 10.0. The number of hydrogen-bond acceptors (Lipinski definition) is 2. The van der Waals surface area contributed by atoms with Crippen LogP contribution in [0.5, 0.6) is 0 Å². The van der Waals surface area contributed by atoms with Crippen LogP contribution in [0.2, 0.25) is 0 Å². The number of imidazole rings is 1. The molecule has 15 heavy (non-hydrogen) atoms. The minimum atomic E-state index is 0.299. The molecule has 2 heterocycles. The van der Waals surface area contributed by atoms with Crippen molar-refractivity contribution in [2.75, 3.05) is 13.1 Å². The molecule has 1 saturated heterocycles. The van der Waals surface area contributed by atoms with E-state index in [0.717, 1.165) is 0 Å². The van der Waals surface area contributed by atoms with Crippen LogP contribution < -0.4 is 0 Å². The molecule has 1 aromatic heterocycles. The predicted molar refractivity (Wildman–Crippen MR) is 61.9 cm³/mol. The Kier molecular flexibility index (Phi) is 2.59. The Balaban J connectivity index is 2.08. The van der Waals surface area contributed by atoms with Crippen LogP contribution in [-0.4, -0.2) is 33.1 Å². The molecule has 0 saturated carbocycles. The van der Waals surface area contributed by atoms with Crippen LogP contribution in [0.1, 0.15) is 38.8 Å². The summed E-state index contributed by atoms with van der Waals surface area (Å²) in [5.74, 6) is 0.664. The Morgan fingerprint density at radius 1 is 1.40 bits per heavy atom. The number of aromatic nitrogens is 2. The highest BCUT2D eigenvalue weighted by atomic mass is 15.2. The van der Waals surface area contributed by atoms with Crippen LogP contribution in [0, 0.1) is 0 Å². The summed E-state index contributed by atoms with van der Waals surface area (Å²) in [6.07, 6.45) is 5.17. The maximum absolute atomic E-state index is 4.20. The Labute approximate surface area is 92.1 Å². The van der Waals surface area contributed by atoms with Gasteiger partial charge in [0.2, 0.25) is 0 Å². The van der Waals surface area contributed by atoms with Crippen LogP contribution in [0.3, 0.4) is 0 Å². The van der Waals surface area contributed by atoms with Crippen molar-refractivity contribution < 1.29 is 0 Å². The molecule has 0 bridgehead atoms. The molecule has 0 radical (unpaired) electrons. The number of rotatable bonds is 1. The number of nitrogens with zero attached hydrogens (tertiary/aromatic N) is 3. The molecule has 3 heteroatoms. The number of aryl methyl sites for hydroxylation is 1. The summed E-state index contributed by atoms with van der Waals surface area (Å²) in [7, 11) is 2.09. The highest BCUT2D eigenvalue weighted by Crippen LogP contribution is 2.30. The van der Waals surface area contributed by atoms with Crippen molar-refractivity contribution in [3.8, 4) is 0 Å². The zero-order valence-electron chi connectivity index (χ0n) is 10.2. The zero-order chi connectivity index (χ0) is 11.1. The van der Waals surface area contributed by atoms with Gasteiger partial charge in [0.25, 0.3) is 0 Å². The Hall–Kier alpha value is -0.830. The van der Waals surface area contributed by atoms with Gasteiger partial charge in [0.05, 0.1) is 6.33 Å². The Morgan fingerprint density at radius 2 is 2.13 bits per heavy atom. The maximum Gasteiger partial charge on any atom is 0.0945 e. The topological polar surface area (TPSA) is 21.1 Å². The highest BCUT2D eigenvalue weighted by molar-refractivity contribution is 5.09. The minimum absolute atomic E-state index is 0.299. The van der Waals surface area contributed by atoms with Gasteiger partial charge in [0.1, 0.15) is 0 Å². The normalized spacial score (nSPS) is 23.6. The van der Waals surface area contributed by atoms with Crippen LogP contribution in [-0.2, 0) is 7.05 Å². The van der Waals surface area contributed by atoms with E-state index in [4.69, 9.17) is 0 Å². The average Bonchev–Trinajstić information content (AvgIpc) is 2.69. The lowest BCUT2D eigenvalue weighted by Crippen LogP contribution is -2.39. The Morgan fingerprint density at radius 3 is 2.60 bits per heavy atom. The van der Waals surface area contributed by atoms with Gasteiger partial charge in [0, 0.05) is 36.9 Å². The van der Waals surface area contributed by atoms with Gasteiger partial charge in [-0.2, -0.15) is 0 Å². The molecule has 0 aromatic carbocycles. The van der Waals surface area contributed by atoms with E-state index < -0.39 is 0 Å². The van der Waals surface area contributed by atoms with Crippen molar-refractivity contribution in [3.05, 3.63) is 18.2 Å². The van der Waals surface area contributed by atoms with Gasteiger partial charge in [-0.15, -0.1) is 0 Å². The molecule has 1 aliphatic heterocycles. The largest absolute Gasteiger partial charge is 0.337 e. The third-order valence-corrected chi connectivity index (χ3v) is 3.41. The van der Waals surface area contributed by atoms with Gasteiger partial charge in [-0.1, -0.05) is 0 Å². The molecule has 1 atom stereocenters. The van der Waals surface area contributed by atoms with Gasteiger partial charge in [-0.3, -0.25) is 4.90 Å². The van der Waals surface area contributed by atoms with Crippen LogP contribution in [0.15, 0.2) is 12.5 Å². The minimum Gasteiger partial charge on any atom is -0.337 e. The third kappa shape index (κ3) is 2.07. The number of hydrogen-bond donors (Lipinski definition) is 0. The van der Waals surface area contributed by atoms with E-state index in [9.17, 15) is 0 Å². The third-order valence-electron chi connectivity index (χ3n) is 3.41. The summed E-state index contributed by atoms with van der Waals surface area (Å²) in [6, 6.07) is 0. The molecule has 84 valence electrons. The lowest BCUT2D eigenvalue weighted by molar-refractivity contribution is 0.172. The van der Waals surface area contributed by atoms with Gasteiger partial charge < -0.3 is 4.57 Å². The van der Waals surface area contributed by atoms with Crippen molar-refractivity contribution in [1.29, 1.82) is 0 Å². The summed E-state index contributed by atoms with van der Waals surface area (Å²) in [5, 5.41) is 0. The van der Waals surface area contributed by atoms with Crippen molar-refractivity contribution in [1.82, 2.24) is 14.5 Å². The van der Waals surface area contributed by atoms with Crippen molar-refractivity contribution in [3.63, 3.8) is 0 Å². The SMILES string of the molecule is Cn1cncc1C1CCN(C(C)(C)C)C1. The zero-order valence-corrected chi connectivity index (χ0v) is 10.2. The van der Waals surface area contributed by atoms with E-state index in [1.54, 1.807) is 0 Å². The highest BCUT2D eigenvalue weighted by Gasteiger charge is 2.31. The first kappa shape index (κ1) is 10.7. The van der Waals surface area contributed by atoms with Crippen molar-refractivity contribution >= 4 is 0 Å². The first-order valence-electron chi connectivity index (χ1n) is 5.70. The van der Waals surface area contributed by atoms with Crippen molar-refractivity contribution in [2.45, 2.75) is 38.6 Å². The molecule has 3 nitrogen and oxygen atoms in total. The van der Waals surface area contributed by atoms with Gasteiger partial charge in [0.15, 0.2) is 0 Å². The lowest BCUT2D eigenvalue weighted by Gasteiger charge is -2.31. The first-order chi connectivity index (χ1) is 6.98. The fraction of sp³-hybridized carbons (Fsp3) is 0.750. The van der Waals surface area contributed by atoms with E-state index in [2.05, 4.69) is 42.3 Å². The predicted octanol–water partition coefficient (Wildman–Crippen LogP) is 2.01. The molecular weight excluding hydrogens is 186 g/mol. The first-order valence-corrected chi connectivity index (χ1v) is 5.70. The van der Waals surface area contributed by atoms with Gasteiger partial charge >= 0.3 is 0 Å².